The molecule has 4 nitrogen and oxygen atoms in total. The van der Waals surface area contributed by atoms with Gasteiger partial charge in [0.1, 0.15) is 5.82 Å². The zero-order valence-corrected chi connectivity index (χ0v) is 16.3. The average molecular weight is 403 g/mol. The van der Waals surface area contributed by atoms with Crippen LogP contribution in [0.25, 0.3) is 0 Å². The SMILES string of the molecule is O=C(CCNC(=O)c1ccc(F)cc1Cl)NC(c1ccccc1)C1CCCC1. The summed E-state index contributed by atoms with van der Waals surface area (Å²) in [4.78, 5) is 24.6. The van der Waals surface area contributed by atoms with Crippen molar-refractivity contribution in [3.63, 3.8) is 0 Å². The van der Waals surface area contributed by atoms with Crippen LogP contribution in [0.4, 0.5) is 4.39 Å². The Labute approximate surface area is 169 Å². The van der Waals surface area contributed by atoms with Gasteiger partial charge in [-0.3, -0.25) is 9.59 Å². The molecule has 2 amide bonds. The molecule has 1 unspecified atom stereocenters. The molecule has 0 saturated heterocycles. The van der Waals surface area contributed by atoms with Crippen LogP contribution in [0.3, 0.4) is 0 Å². The third-order valence-corrected chi connectivity index (χ3v) is 5.47. The number of rotatable bonds is 7. The van der Waals surface area contributed by atoms with Gasteiger partial charge in [-0.05, 0) is 42.5 Å². The molecule has 0 radical (unpaired) electrons. The molecule has 6 heteroatoms. The largest absolute Gasteiger partial charge is 0.351 e. The van der Waals surface area contributed by atoms with Gasteiger partial charge < -0.3 is 10.6 Å². The molecule has 2 aromatic carbocycles. The summed E-state index contributed by atoms with van der Waals surface area (Å²) >= 11 is 5.90. The molecule has 0 spiro atoms. The van der Waals surface area contributed by atoms with Gasteiger partial charge in [-0.2, -0.15) is 0 Å². The summed E-state index contributed by atoms with van der Waals surface area (Å²) in [6.07, 6.45) is 4.77. The molecule has 148 valence electrons. The van der Waals surface area contributed by atoms with Crippen molar-refractivity contribution in [1.29, 1.82) is 0 Å². The zero-order valence-electron chi connectivity index (χ0n) is 15.6. The van der Waals surface area contributed by atoms with Crippen molar-refractivity contribution < 1.29 is 14.0 Å². The molecular weight excluding hydrogens is 379 g/mol. The second-order valence-corrected chi connectivity index (χ2v) is 7.54. The van der Waals surface area contributed by atoms with Crippen LogP contribution in [0.1, 0.15) is 54.1 Å². The average Bonchev–Trinajstić information content (AvgIpc) is 3.21. The van der Waals surface area contributed by atoms with Crippen molar-refractivity contribution >= 4 is 23.4 Å². The van der Waals surface area contributed by atoms with E-state index < -0.39 is 11.7 Å². The normalized spacial score (nSPS) is 15.2. The van der Waals surface area contributed by atoms with E-state index in [1.807, 2.05) is 30.3 Å². The van der Waals surface area contributed by atoms with Crippen molar-refractivity contribution in [2.24, 2.45) is 5.92 Å². The summed E-state index contributed by atoms with van der Waals surface area (Å²) in [5, 5.41) is 5.86. The topological polar surface area (TPSA) is 58.2 Å². The highest BCUT2D eigenvalue weighted by atomic mass is 35.5. The quantitative estimate of drug-likeness (QED) is 0.708. The monoisotopic (exact) mass is 402 g/mol. The lowest BCUT2D eigenvalue weighted by Gasteiger charge is -2.25. The summed E-state index contributed by atoms with van der Waals surface area (Å²) in [6.45, 7) is 0.185. The molecule has 1 aliphatic carbocycles. The van der Waals surface area contributed by atoms with Crippen molar-refractivity contribution in [3.8, 4) is 0 Å². The van der Waals surface area contributed by atoms with Crippen molar-refractivity contribution in [1.82, 2.24) is 10.6 Å². The predicted octanol–water partition coefficient (Wildman–Crippen LogP) is 4.65. The van der Waals surface area contributed by atoms with Gasteiger partial charge in [0, 0.05) is 13.0 Å². The molecule has 1 saturated carbocycles. The molecule has 0 bridgehead atoms. The van der Waals surface area contributed by atoms with Crippen LogP contribution in [0.5, 0.6) is 0 Å². The van der Waals surface area contributed by atoms with Crippen LogP contribution in [-0.4, -0.2) is 18.4 Å². The molecule has 2 N–H and O–H groups in total. The minimum absolute atomic E-state index is 0.00144. The van der Waals surface area contributed by atoms with Gasteiger partial charge in [-0.25, -0.2) is 4.39 Å². The Morgan fingerprint density at radius 3 is 2.50 bits per heavy atom. The van der Waals surface area contributed by atoms with Gasteiger partial charge in [0.25, 0.3) is 5.91 Å². The van der Waals surface area contributed by atoms with E-state index >= 15 is 0 Å². The standard InChI is InChI=1S/C22H24ClFN2O2/c23-19-14-17(24)10-11-18(19)22(28)25-13-12-20(27)26-21(16-8-4-5-9-16)15-6-2-1-3-7-15/h1-3,6-7,10-11,14,16,21H,4-5,8-9,12-13H2,(H,25,28)(H,26,27). The van der Waals surface area contributed by atoms with E-state index in [2.05, 4.69) is 10.6 Å². The summed E-state index contributed by atoms with van der Waals surface area (Å²) < 4.78 is 13.1. The lowest BCUT2D eigenvalue weighted by Crippen LogP contribution is -2.35. The molecule has 1 aliphatic rings. The van der Waals surface area contributed by atoms with E-state index in [9.17, 15) is 14.0 Å². The Kier molecular flexibility index (Phi) is 7.04. The first-order valence-corrected chi connectivity index (χ1v) is 10.00. The van der Waals surface area contributed by atoms with Crippen LogP contribution >= 0.6 is 11.6 Å². The molecule has 2 aromatic rings. The van der Waals surface area contributed by atoms with E-state index in [1.165, 1.54) is 25.0 Å². The maximum Gasteiger partial charge on any atom is 0.252 e. The second-order valence-electron chi connectivity index (χ2n) is 7.13. The van der Waals surface area contributed by atoms with Crippen LogP contribution in [0, 0.1) is 11.7 Å². The first-order valence-electron chi connectivity index (χ1n) is 9.62. The van der Waals surface area contributed by atoms with E-state index in [0.717, 1.165) is 24.5 Å². The minimum atomic E-state index is -0.500. The van der Waals surface area contributed by atoms with Crippen LogP contribution in [0.15, 0.2) is 48.5 Å². The summed E-state index contributed by atoms with van der Waals surface area (Å²) in [7, 11) is 0. The molecule has 0 heterocycles. The number of carbonyl (C=O) groups is 2. The number of halogens is 2. The van der Waals surface area contributed by atoms with Gasteiger partial charge >= 0.3 is 0 Å². The third kappa shape index (κ3) is 5.32. The zero-order chi connectivity index (χ0) is 19.9. The van der Waals surface area contributed by atoms with E-state index in [0.29, 0.717) is 5.92 Å². The van der Waals surface area contributed by atoms with E-state index in [4.69, 9.17) is 11.6 Å². The van der Waals surface area contributed by atoms with Gasteiger partial charge in [-0.15, -0.1) is 0 Å². The predicted molar refractivity (Wildman–Crippen MR) is 108 cm³/mol. The molecule has 1 fully saturated rings. The van der Waals surface area contributed by atoms with Gasteiger partial charge in [0.2, 0.25) is 5.91 Å². The number of nitrogens with one attached hydrogen (secondary N) is 2. The summed E-state index contributed by atoms with van der Waals surface area (Å²) in [5.74, 6) is -0.585. The lowest BCUT2D eigenvalue weighted by atomic mass is 9.91. The fraction of sp³-hybridized carbons (Fsp3) is 0.364. The lowest BCUT2D eigenvalue weighted by molar-refractivity contribution is -0.122. The molecule has 0 aliphatic heterocycles. The highest BCUT2D eigenvalue weighted by Gasteiger charge is 2.27. The van der Waals surface area contributed by atoms with Gasteiger partial charge in [0.05, 0.1) is 16.6 Å². The Hall–Kier alpha value is -2.40. The second kappa shape index (κ2) is 9.69. The maximum absolute atomic E-state index is 13.1. The van der Waals surface area contributed by atoms with Crippen molar-refractivity contribution in [2.45, 2.75) is 38.1 Å². The Bertz CT molecular complexity index is 823. The number of hydrogen-bond donors (Lipinski definition) is 2. The highest BCUT2D eigenvalue weighted by molar-refractivity contribution is 6.33. The summed E-state index contributed by atoms with van der Waals surface area (Å²) in [6, 6.07) is 13.6. The number of carbonyl (C=O) groups excluding carboxylic acids is 2. The highest BCUT2D eigenvalue weighted by Crippen LogP contribution is 2.35. The third-order valence-electron chi connectivity index (χ3n) is 5.16. The van der Waals surface area contributed by atoms with Crippen molar-refractivity contribution in [2.75, 3.05) is 6.54 Å². The summed E-state index contributed by atoms with van der Waals surface area (Å²) in [5.41, 5.74) is 1.31. The first kappa shape index (κ1) is 20.3. The Balaban J connectivity index is 1.54. The molecule has 28 heavy (non-hydrogen) atoms. The Morgan fingerprint density at radius 1 is 1.11 bits per heavy atom. The number of hydrogen-bond acceptors (Lipinski definition) is 2. The fourth-order valence-electron chi connectivity index (χ4n) is 3.73. The molecule has 3 rings (SSSR count). The van der Waals surface area contributed by atoms with Crippen LogP contribution < -0.4 is 10.6 Å². The Morgan fingerprint density at radius 2 is 1.82 bits per heavy atom. The van der Waals surface area contributed by atoms with E-state index in [1.54, 1.807) is 0 Å². The fourth-order valence-corrected chi connectivity index (χ4v) is 3.98. The molecular formula is C22H24ClFN2O2. The minimum Gasteiger partial charge on any atom is -0.351 e. The first-order chi connectivity index (χ1) is 13.5. The molecule has 0 aromatic heterocycles. The van der Waals surface area contributed by atoms with Gasteiger partial charge in [0.15, 0.2) is 0 Å². The number of amides is 2. The maximum atomic E-state index is 13.1. The van der Waals surface area contributed by atoms with Crippen LogP contribution in [0.2, 0.25) is 5.02 Å². The van der Waals surface area contributed by atoms with Gasteiger partial charge in [-0.1, -0.05) is 54.8 Å². The molecule has 1 atom stereocenters. The number of benzene rings is 2. The van der Waals surface area contributed by atoms with Crippen LogP contribution in [-0.2, 0) is 4.79 Å². The smallest absolute Gasteiger partial charge is 0.252 e. The van der Waals surface area contributed by atoms with Crippen molar-refractivity contribution in [3.05, 3.63) is 70.5 Å². The van der Waals surface area contributed by atoms with E-state index in [-0.39, 0.29) is 35.5 Å².